The summed E-state index contributed by atoms with van der Waals surface area (Å²) in [6, 6.07) is -0.508. The van der Waals surface area contributed by atoms with Crippen molar-refractivity contribution >= 4 is 5.97 Å². The highest BCUT2D eigenvalue weighted by Crippen LogP contribution is 2.34. The van der Waals surface area contributed by atoms with Gasteiger partial charge in [-0.05, 0) is 37.3 Å². The van der Waals surface area contributed by atoms with Crippen molar-refractivity contribution in [2.75, 3.05) is 26.7 Å². The maximum absolute atomic E-state index is 11.2. The summed E-state index contributed by atoms with van der Waals surface area (Å²) in [6.07, 6.45) is 2.38. The quantitative estimate of drug-likeness (QED) is 0.757. The van der Waals surface area contributed by atoms with Crippen LogP contribution in [0.25, 0.3) is 0 Å². The minimum absolute atomic E-state index is 0.317. The third-order valence-electron chi connectivity index (χ3n) is 3.77. The summed E-state index contributed by atoms with van der Waals surface area (Å²) < 4.78 is 4.64. The van der Waals surface area contributed by atoms with Crippen LogP contribution in [-0.2, 0) is 9.53 Å². The van der Waals surface area contributed by atoms with Crippen molar-refractivity contribution in [1.82, 2.24) is 4.90 Å². The zero-order chi connectivity index (χ0) is 13.1. The van der Waals surface area contributed by atoms with Crippen LogP contribution < -0.4 is 5.73 Å². The van der Waals surface area contributed by atoms with Crippen LogP contribution in [0, 0.1) is 11.3 Å². The van der Waals surface area contributed by atoms with E-state index in [4.69, 9.17) is 5.73 Å². The first-order chi connectivity index (χ1) is 7.84. The molecule has 1 aliphatic heterocycles. The number of hydrogen-bond donors (Lipinski definition) is 1. The molecule has 1 atom stereocenters. The second-order valence-corrected chi connectivity index (χ2v) is 6.07. The lowest BCUT2D eigenvalue weighted by Gasteiger charge is -2.39. The molecule has 1 unspecified atom stereocenters. The van der Waals surface area contributed by atoms with Crippen molar-refractivity contribution in [1.29, 1.82) is 0 Å². The van der Waals surface area contributed by atoms with Crippen molar-refractivity contribution in [2.45, 2.75) is 39.7 Å². The van der Waals surface area contributed by atoms with Crippen LogP contribution in [0.4, 0.5) is 0 Å². The van der Waals surface area contributed by atoms with E-state index in [1.54, 1.807) is 0 Å². The number of rotatable bonds is 3. The van der Waals surface area contributed by atoms with E-state index in [1.807, 2.05) is 0 Å². The Morgan fingerprint density at radius 2 is 1.94 bits per heavy atom. The molecule has 0 spiro atoms. The monoisotopic (exact) mass is 242 g/mol. The van der Waals surface area contributed by atoms with Gasteiger partial charge in [0.15, 0.2) is 0 Å². The van der Waals surface area contributed by atoms with Gasteiger partial charge in [-0.2, -0.15) is 0 Å². The molecule has 0 amide bonds. The Labute approximate surface area is 104 Å². The molecular formula is C13H26N2O2. The first-order valence-electron chi connectivity index (χ1n) is 6.40. The summed E-state index contributed by atoms with van der Waals surface area (Å²) in [4.78, 5) is 13.5. The first kappa shape index (κ1) is 14.5. The van der Waals surface area contributed by atoms with Crippen LogP contribution in [0.5, 0.6) is 0 Å². The number of carbonyl (C=O) groups excluding carboxylic acids is 1. The van der Waals surface area contributed by atoms with Gasteiger partial charge in [-0.3, -0.25) is 4.79 Å². The Morgan fingerprint density at radius 1 is 1.41 bits per heavy atom. The molecular weight excluding hydrogens is 216 g/mol. The molecule has 1 rings (SSSR count). The van der Waals surface area contributed by atoms with E-state index in [-0.39, 0.29) is 5.97 Å². The molecule has 1 heterocycles. The van der Waals surface area contributed by atoms with E-state index in [1.165, 1.54) is 20.0 Å². The van der Waals surface area contributed by atoms with E-state index >= 15 is 0 Å². The molecule has 100 valence electrons. The van der Waals surface area contributed by atoms with Crippen molar-refractivity contribution in [3.05, 3.63) is 0 Å². The smallest absolute Gasteiger partial charge is 0.323 e. The van der Waals surface area contributed by atoms with Crippen LogP contribution in [0.15, 0.2) is 0 Å². The molecule has 0 radical (unpaired) electrons. The Bertz CT molecular complexity index is 253. The minimum Gasteiger partial charge on any atom is -0.468 e. The van der Waals surface area contributed by atoms with E-state index in [9.17, 15) is 4.79 Å². The number of piperidine rings is 1. The van der Waals surface area contributed by atoms with Crippen molar-refractivity contribution in [3.8, 4) is 0 Å². The van der Waals surface area contributed by atoms with Gasteiger partial charge in [-0.1, -0.05) is 20.8 Å². The van der Waals surface area contributed by atoms with Gasteiger partial charge in [-0.15, -0.1) is 0 Å². The minimum atomic E-state index is -0.508. The van der Waals surface area contributed by atoms with Gasteiger partial charge in [-0.25, -0.2) is 0 Å². The van der Waals surface area contributed by atoms with Gasteiger partial charge in [0.2, 0.25) is 0 Å². The number of nitrogens with zero attached hydrogens (tertiary/aromatic N) is 1. The van der Waals surface area contributed by atoms with Crippen LogP contribution in [0.3, 0.4) is 0 Å². The topological polar surface area (TPSA) is 55.6 Å². The number of carbonyl (C=O) groups is 1. The van der Waals surface area contributed by atoms with Gasteiger partial charge in [0.25, 0.3) is 0 Å². The predicted octanol–water partition coefficient (Wildman–Crippen LogP) is 1.24. The fourth-order valence-corrected chi connectivity index (χ4v) is 2.49. The molecule has 1 saturated heterocycles. The summed E-state index contributed by atoms with van der Waals surface area (Å²) in [5.74, 6) is 0.455. The van der Waals surface area contributed by atoms with Crippen LogP contribution >= 0.6 is 0 Å². The Hall–Kier alpha value is -0.610. The van der Waals surface area contributed by atoms with E-state index in [2.05, 4.69) is 30.4 Å². The SMILES string of the molecule is COC(=O)C(N)CN1CCC(C(C)(C)C)CC1. The summed E-state index contributed by atoms with van der Waals surface area (Å²) in [5.41, 5.74) is 6.15. The highest BCUT2D eigenvalue weighted by Gasteiger charge is 2.29. The van der Waals surface area contributed by atoms with Gasteiger partial charge >= 0.3 is 5.97 Å². The summed E-state index contributed by atoms with van der Waals surface area (Å²) in [7, 11) is 1.38. The molecule has 2 N–H and O–H groups in total. The standard InChI is InChI=1S/C13H26N2O2/c1-13(2,3)10-5-7-15(8-6-10)9-11(14)12(16)17-4/h10-11H,5-9,14H2,1-4H3. The molecule has 0 aromatic carbocycles. The number of likely N-dealkylation sites (tertiary alicyclic amines) is 1. The molecule has 0 aliphatic carbocycles. The van der Waals surface area contributed by atoms with Gasteiger partial charge in [0.05, 0.1) is 7.11 Å². The summed E-state index contributed by atoms with van der Waals surface area (Å²) in [5, 5.41) is 0. The zero-order valence-electron chi connectivity index (χ0n) is 11.5. The predicted molar refractivity (Wildman–Crippen MR) is 68.6 cm³/mol. The molecule has 4 heteroatoms. The fourth-order valence-electron chi connectivity index (χ4n) is 2.49. The van der Waals surface area contributed by atoms with E-state index in [0.29, 0.717) is 12.0 Å². The number of ether oxygens (including phenoxy) is 1. The fraction of sp³-hybridized carbons (Fsp3) is 0.923. The maximum Gasteiger partial charge on any atom is 0.323 e. The highest BCUT2D eigenvalue weighted by molar-refractivity contribution is 5.75. The number of esters is 1. The lowest BCUT2D eigenvalue weighted by Crippen LogP contribution is -2.47. The third-order valence-corrected chi connectivity index (χ3v) is 3.77. The molecule has 0 saturated carbocycles. The number of methoxy groups -OCH3 is 1. The Balaban J connectivity index is 2.35. The highest BCUT2D eigenvalue weighted by atomic mass is 16.5. The second-order valence-electron chi connectivity index (χ2n) is 6.07. The lowest BCUT2D eigenvalue weighted by atomic mass is 9.75. The average Bonchev–Trinajstić information content (AvgIpc) is 2.27. The largest absolute Gasteiger partial charge is 0.468 e. The molecule has 0 bridgehead atoms. The van der Waals surface area contributed by atoms with E-state index in [0.717, 1.165) is 19.0 Å². The van der Waals surface area contributed by atoms with Crippen molar-refractivity contribution < 1.29 is 9.53 Å². The third kappa shape index (κ3) is 4.28. The number of hydrogen-bond acceptors (Lipinski definition) is 4. The Kier molecular flexibility index (Phi) is 4.95. The molecule has 4 nitrogen and oxygen atoms in total. The summed E-state index contributed by atoms with van der Waals surface area (Å²) >= 11 is 0. The first-order valence-corrected chi connectivity index (χ1v) is 6.40. The maximum atomic E-state index is 11.2. The molecule has 1 fully saturated rings. The lowest BCUT2D eigenvalue weighted by molar-refractivity contribution is -0.142. The van der Waals surface area contributed by atoms with Gasteiger partial charge < -0.3 is 15.4 Å². The Morgan fingerprint density at radius 3 is 2.35 bits per heavy atom. The number of nitrogens with two attached hydrogens (primary N) is 1. The molecule has 0 aromatic rings. The van der Waals surface area contributed by atoms with Gasteiger partial charge in [0, 0.05) is 6.54 Å². The van der Waals surface area contributed by atoms with Crippen LogP contribution in [0.1, 0.15) is 33.6 Å². The molecule has 0 aromatic heterocycles. The molecule has 17 heavy (non-hydrogen) atoms. The van der Waals surface area contributed by atoms with Crippen LogP contribution in [-0.4, -0.2) is 43.7 Å². The van der Waals surface area contributed by atoms with E-state index < -0.39 is 6.04 Å². The van der Waals surface area contributed by atoms with Crippen molar-refractivity contribution in [3.63, 3.8) is 0 Å². The zero-order valence-corrected chi connectivity index (χ0v) is 11.5. The van der Waals surface area contributed by atoms with Crippen molar-refractivity contribution in [2.24, 2.45) is 17.1 Å². The van der Waals surface area contributed by atoms with Gasteiger partial charge in [0.1, 0.15) is 6.04 Å². The molecule has 1 aliphatic rings. The van der Waals surface area contributed by atoms with Crippen LogP contribution in [0.2, 0.25) is 0 Å². The summed E-state index contributed by atoms with van der Waals surface area (Å²) in [6.45, 7) is 9.58. The normalized spacial score (nSPS) is 21.2. The second kappa shape index (κ2) is 5.83. The average molecular weight is 242 g/mol.